The first-order valence-corrected chi connectivity index (χ1v) is 8.61. The Morgan fingerprint density at radius 1 is 1.27 bits per heavy atom. The molecule has 0 bridgehead atoms. The van der Waals surface area contributed by atoms with Crippen molar-refractivity contribution in [1.29, 1.82) is 0 Å². The summed E-state index contributed by atoms with van der Waals surface area (Å²) in [5.41, 5.74) is 1.57. The SMILES string of the molecule is O=C(Nc1cnn(CCF)c1)C1CCc2nnc(-c3ccccc3)n2C1. The van der Waals surface area contributed by atoms with E-state index in [1.165, 1.54) is 10.9 Å². The van der Waals surface area contributed by atoms with E-state index >= 15 is 0 Å². The molecule has 0 fully saturated rings. The van der Waals surface area contributed by atoms with Crippen LogP contribution in [-0.2, 0) is 24.3 Å². The summed E-state index contributed by atoms with van der Waals surface area (Å²) in [5.74, 6) is 1.45. The van der Waals surface area contributed by atoms with Gasteiger partial charge in [0.15, 0.2) is 5.82 Å². The van der Waals surface area contributed by atoms with E-state index in [4.69, 9.17) is 0 Å². The maximum atomic E-state index is 12.6. The topological polar surface area (TPSA) is 77.6 Å². The van der Waals surface area contributed by atoms with Crippen LogP contribution in [0.2, 0.25) is 0 Å². The summed E-state index contributed by atoms with van der Waals surface area (Å²) in [7, 11) is 0. The lowest BCUT2D eigenvalue weighted by Crippen LogP contribution is -2.31. The number of carbonyl (C=O) groups is 1. The molecule has 1 aliphatic rings. The molecular weight excluding hydrogens is 335 g/mol. The van der Waals surface area contributed by atoms with Gasteiger partial charge in [-0.3, -0.25) is 9.48 Å². The van der Waals surface area contributed by atoms with Crippen molar-refractivity contribution in [3.63, 3.8) is 0 Å². The number of nitrogens with one attached hydrogen (secondary N) is 1. The Kier molecular flexibility index (Phi) is 4.47. The van der Waals surface area contributed by atoms with E-state index in [0.29, 0.717) is 18.7 Å². The molecule has 0 spiro atoms. The number of hydrogen-bond acceptors (Lipinski definition) is 4. The van der Waals surface area contributed by atoms with E-state index < -0.39 is 6.67 Å². The highest BCUT2D eigenvalue weighted by atomic mass is 19.1. The van der Waals surface area contributed by atoms with Crippen molar-refractivity contribution in [2.24, 2.45) is 5.92 Å². The number of anilines is 1. The number of carbonyl (C=O) groups excluding carboxylic acids is 1. The highest BCUT2D eigenvalue weighted by Crippen LogP contribution is 2.26. The van der Waals surface area contributed by atoms with Crippen molar-refractivity contribution in [3.8, 4) is 11.4 Å². The molecule has 4 rings (SSSR count). The second-order valence-electron chi connectivity index (χ2n) is 6.32. The van der Waals surface area contributed by atoms with E-state index in [0.717, 1.165) is 23.6 Å². The molecule has 0 saturated heterocycles. The zero-order valence-corrected chi connectivity index (χ0v) is 14.2. The number of amides is 1. The van der Waals surface area contributed by atoms with E-state index in [9.17, 15) is 9.18 Å². The first-order valence-electron chi connectivity index (χ1n) is 8.61. The molecule has 1 amide bonds. The second-order valence-corrected chi connectivity index (χ2v) is 6.32. The number of benzene rings is 1. The summed E-state index contributed by atoms with van der Waals surface area (Å²) in [5, 5.41) is 15.5. The molecule has 0 radical (unpaired) electrons. The minimum absolute atomic E-state index is 0.0665. The van der Waals surface area contributed by atoms with Crippen LogP contribution in [0, 0.1) is 5.92 Å². The van der Waals surface area contributed by atoms with Crippen LogP contribution in [0.1, 0.15) is 12.2 Å². The van der Waals surface area contributed by atoms with Gasteiger partial charge in [0.25, 0.3) is 0 Å². The third kappa shape index (κ3) is 3.22. The molecule has 8 heteroatoms. The fourth-order valence-corrected chi connectivity index (χ4v) is 3.22. The fourth-order valence-electron chi connectivity index (χ4n) is 3.22. The highest BCUT2D eigenvalue weighted by molar-refractivity contribution is 5.92. The van der Waals surface area contributed by atoms with Crippen LogP contribution in [-0.4, -0.2) is 37.1 Å². The molecule has 1 N–H and O–H groups in total. The van der Waals surface area contributed by atoms with Gasteiger partial charge >= 0.3 is 0 Å². The lowest BCUT2D eigenvalue weighted by atomic mass is 9.98. The van der Waals surface area contributed by atoms with Gasteiger partial charge in [0, 0.05) is 24.7 Å². The van der Waals surface area contributed by atoms with E-state index in [-0.39, 0.29) is 18.4 Å². The molecular formula is C18H19FN6O. The molecule has 1 unspecified atom stereocenters. The molecule has 7 nitrogen and oxygen atoms in total. The Hall–Kier alpha value is -3.03. The van der Waals surface area contributed by atoms with Gasteiger partial charge in [-0.2, -0.15) is 5.10 Å². The van der Waals surface area contributed by atoms with Gasteiger partial charge in [0.2, 0.25) is 5.91 Å². The Labute approximate surface area is 149 Å². The average molecular weight is 354 g/mol. The van der Waals surface area contributed by atoms with Crippen LogP contribution in [0.15, 0.2) is 42.7 Å². The third-order valence-electron chi connectivity index (χ3n) is 4.56. The zero-order valence-electron chi connectivity index (χ0n) is 14.2. The van der Waals surface area contributed by atoms with Crippen molar-refractivity contribution >= 4 is 11.6 Å². The van der Waals surface area contributed by atoms with Crippen molar-refractivity contribution < 1.29 is 9.18 Å². The van der Waals surface area contributed by atoms with Gasteiger partial charge in [0.1, 0.15) is 12.5 Å². The van der Waals surface area contributed by atoms with E-state index in [1.54, 1.807) is 6.20 Å². The van der Waals surface area contributed by atoms with Gasteiger partial charge < -0.3 is 9.88 Å². The smallest absolute Gasteiger partial charge is 0.229 e. The Bertz CT molecular complexity index is 904. The number of aromatic nitrogens is 5. The molecule has 134 valence electrons. The van der Waals surface area contributed by atoms with Gasteiger partial charge in [-0.15, -0.1) is 10.2 Å². The zero-order chi connectivity index (χ0) is 17.9. The largest absolute Gasteiger partial charge is 0.323 e. The molecule has 1 aliphatic heterocycles. The Balaban J connectivity index is 1.49. The molecule has 0 saturated carbocycles. The summed E-state index contributed by atoms with van der Waals surface area (Å²) in [6.45, 7) is 0.233. The minimum atomic E-state index is -0.490. The first-order chi connectivity index (χ1) is 12.7. The van der Waals surface area contributed by atoms with Gasteiger partial charge in [-0.05, 0) is 6.42 Å². The molecule has 3 heterocycles. The quantitative estimate of drug-likeness (QED) is 0.763. The lowest BCUT2D eigenvalue weighted by Gasteiger charge is -2.23. The number of halogens is 1. The van der Waals surface area contributed by atoms with Crippen molar-refractivity contribution in [2.45, 2.75) is 25.9 Å². The van der Waals surface area contributed by atoms with Crippen molar-refractivity contribution in [2.75, 3.05) is 12.0 Å². The van der Waals surface area contributed by atoms with Crippen LogP contribution in [0.25, 0.3) is 11.4 Å². The van der Waals surface area contributed by atoms with Crippen LogP contribution >= 0.6 is 0 Å². The summed E-state index contributed by atoms with van der Waals surface area (Å²) >= 11 is 0. The number of hydrogen-bond donors (Lipinski definition) is 1. The van der Waals surface area contributed by atoms with Crippen LogP contribution in [0.3, 0.4) is 0 Å². The normalized spacial score (nSPS) is 16.3. The van der Waals surface area contributed by atoms with Gasteiger partial charge in [0.05, 0.1) is 24.3 Å². The molecule has 26 heavy (non-hydrogen) atoms. The number of alkyl halides is 1. The van der Waals surface area contributed by atoms with E-state index in [2.05, 4.69) is 20.6 Å². The summed E-state index contributed by atoms with van der Waals surface area (Å²) in [6, 6.07) is 9.84. The maximum Gasteiger partial charge on any atom is 0.229 e. The molecule has 1 aromatic carbocycles. The number of rotatable bonds is 5. The number of nitrogens with zero attached hydrogens (tertiary/aromatic N) is 5. The van der Waals surface area contributed by atoms with Gasteiger partial charge in [-0.1, -0.05) is 30.3 Å². The second kappa shape index (κ2) is 7.07. The number of fused-ring (bicyclic) bond motifs is 1. The summed E-state index contributed by atoms with van der Waals surface area (Å²) in [4.78, 5) is 12.6. The summed E-state index contributed by atoms with van der Waals surface area (Å²) < 4.78 is 15.9. The van der Waals surface area contributed by atoms with Crippen LogP contribution in [0.5, 0.6) is 0 Å². The first kappa shape index (κ1) is 16.4. The van der Waals surface area contributed by atoms with Crippen molar-refractivity contribution in [1.82, 2.24) is 24.5 Å². The number of aryl methyl sites for hydroxylation is 2. The highest BCUT2D eigenvalue weighted by Gasteiger charge is 2.28. The van der Waals surface area contributed by atoms with Crippen LogP contribution < -0.4 is 5.32 Å². The minimum Gasteiger partial charge on any atom is -0.323 e. The average Bonchev–Trinajstić information content (AvgIpc) is 3.29. The predicted molar refractivity (Wildman–Crippen MR) is 94.1 cm³/mol. The fraction of sp³-hybridized carbons (Fsp3) is 0.333. The standard InChI is InChI=1S/C18H19FN6O/c19-8-9-24-12-15(10-20-24)21-18(26)14-6-7-16-22-23-17(25(16)11-14)13-4-2-1-3-5-13/h1-5,10,12,14H,6-9,11H2,(H,21,26). The van der Waals surface area contributed by atoms with E-state index in [1.807, 2.05) is 34.9 Å². The monoisotopic (exact) mass is 354 g/mol. The molecule has 1 atom stereocenters. The summed E-state index contributed by atoms with van der Waals surface area (Å²) in [6.07, 6.45) is 4.60. The van der Waals surface area contributed by atoms with Gasteiger partial charge in [-0.25, -0.2) is 4.39 Å². The van der Waals surface area contributed by atoms with Crippen molar-refractivity contribution in [3.05, 3.63) is 48.5 Å². The van der Waals surface area contributed by atoms with Crippen LogP contribution in [0.4, 0.5) is 10.1 Å². The molecule has 0 aliphatic carbocycles. The molecule has 3 aromatic rings. The Morgan fingerprint density at radius 3 is 2.92 bits per heavy atom. The maximum absolute atomic E-state index is 12.6. The third-order valence-corrected chi connectivity index (χ3v) is 4.56. The molecule has 2 aromatic heterocycles. The lowest BCUT2D eigenvalue weighted by molar-refractivity contribution is -0.120. The Morgan fingerprint density at radius 2 is 2.12 bits per heavy atom. The predicted octanol–water partition coefficient (Wildman–Crippen LogP) is 2.31.